The lowest BCUT2D eigenvalue weighted by Gasteiger charge is -2.19. The van der Waals surface area contributed by atoms with Gasteiger partial charge in [-0.1, -0.05) is 68.4 Å². The number of aromatic nitrogens is 1. The Kier molecular flexibility index (Phi) is 8.44. The van der Waals surface area contributed by atoms with E-state index in [1.165, 1.54) is 0 Å². The molecule has 2 aromatic carbocycles. The number of aliphatic hydroxyl groups excluding tert-OH is 1. The standard InChI is InChI=1S/C27H32N2O4/c1-19(2)8-13-24(30)17-28-27(33)25(16-26(31)32)29-15-14-23(18-29)22-11-9-21(10-12-22)20-6-4-3-5-7-20/h3-7,9-12,14-15,18-19,24-25,30H,8,13,16-17H2,1-2H3,(H,28,33)(H,31,32)/t24?,25-/m1/s1. The smallest absolute Gasteiger partial charge is 0.306 e. The second kappa shape index (κ2) is 11.5. The van der Waals surface area contributed by atoms with E-state index in [0.717, 1.165) is 28.7 Å². The molecule has 33 heavy (non-hydrogen) atoms. The van der Waals surface area contributed by atoms with Crippen molar-refractivity contribution in [2.75, 3.05) is 6.54 Å². The van der Waals surface area contributed by atoms with Gasteiger partial charge in [0, 0.05) is 18.9 Å². The van der Waals surface area contributed by atoms with Crippen LogP contribution in [0.5, 0.6) is 0 Å². The van der Waals surface area contributed by atoms with Crippen molar-refractivity contribution < 1.29 is 19.8 Å². The van der Waals surface area contributed by atoms with Gasteiger partial charge in [-0.2, -0.15) is 0 Å². The number of benzene rings is 2. The van der Waals surface area contributed by atoms with Crippen LogP contribution < -0.4 is 5.32 Å². The highest BCUT2D eigenvalue weighted by atomic mass is 16.4. The van der Waals surface area contributed by atoms with Crippen LogP contribution in [-0.2, 0) is 9.59 Å². The minimum Gasteiger partial charge on any atom is -0.481 e. The Labute approximate surface area is 194 Å². The zero-order valence-corrected chi connectivity index (χ0v) is 19.1. The summed E-state index contributed by atoms with van der Waals surface area (Å²) in [4.78, 5) is 24.2. The number of carboxylic acid groups (broad SMARTS) is 1. The third kappa shape index (κ3) is 7.05. The van der Waals surface area contributed by atoms with Gasteiger partial charge in [0.1, 0.15) is 6.04 Å². The summed E-state index contributed by atoms with van der Waals surface area (Å²) >= 11 is 0. The summed E-state index contributed by atoms with van der Waals surface area (Å²) in [5.74, 6) is -1.00. The van der Waals surface area contributed by atoms with E-state index in [2.05, 4.69) is 31.3 Å². The molecule has 3 rings (SSSR count). The molecule has 6 nitrogen and oxygen atoms in total. The highest BCUT2D eigenvalue weighted by Gasteiger charge is 2.24. The fraction of sp³-hybridized carbons (Fsp3) is 0.333. The van der Waals surface area contributed by atoms with Crippen LogP contribution in [0.4, 0.5) is 0 Å². The quantitative estimate of drug-likeness (QED) is 0.395. The lowest BCUT2D eigenvalue weighted by Crippen LogP contribution is -2.38. The first-order valence-corrected chi connectivity index (χ1v) is 11.3. The number of hydrogen-bond donors (Lipinski definition) is 3. The summed E-state index contributed by atoms with van der Waals surface area (Å²) in [5.41, 5.74) is 4.12. The van der Waals surface area contributed by atoms with E-state index in [1.54, 1.807) is 17.0 Å². The molecule has 0 aliphatic carbocycles. The first-order chi connectivity index (χ1) is 15.8. The molecule has 0 aliphatic rings. The van der Waals surface area contributed by atoms with Crippen LogP contribution in [0, 0.1) is 5.92 Å². The number of nitrogens with one attached hydrogen (secondary N) is 1. The van der Waals surface area contributed by atoms with Gasteiger partial charge in [-0.25, -0.2) is 0 Å². The number of carbonyl (C=O) groups is 2. The Hall–Kier alpha value is -3.38. The molecule has 1 heterocycles. The van der Waals surface area contributed by atoms with Crippen molar-refractivity contribution in [3.8, 4) is 22.3 Å². The molecule has 0 saturated carbocycles. The predicted octanol–water partition coefficient (Wildman–Crippen LogP) is 4.75. The molecule has 1 unspecified atom stereocenters. The highest BCUT2D eigenvalue weighted by Crippen LogP contribution is 2.26. The molecule has 1 aromatic heterocycles. The van der Waals surface area contributed by atoms with Crippen LogP contribution in [0.3, 0.4) is 0 Å². The van der Waals surface area contributed by atoms with Crippen LogP contribution in [-0.4, -0.2) is 39.3 Å². The Balaban J connectivity index is 1.70. The fourth-order valence-corrected chi connectivity index (χ4v) is 3.73. The van der Waals surface area contributed by atoms with Gasteiger partial charge in [0.2, 0.25) is 5.91 Å². The number of aliphatic hydroxyl groups is 1. The van der Waals surface area contributed by atoms with Crippen molar-refractivity contribution in [3.63, 3.8) is 0 Å². The van der Waals surface area contributed by atoms with E-state index in [1.807, 2.05) is 48.5 Å². The topological polar surface area (TPSA) is 91.6 Å². The first-order valence-electron chi connectivity index (χ1n) is 11.3. The monoisotopic (exact) mass is 448 g/mol. The van der Waals surface area contributed by atoms with E-state index in [0.29, 0.717) is 12.3 Å². The van der Waals surface area contributed by atoms with Crippen LogP contribution in [0.1, 0.15) is 39.2 Å². The molecule has 1 amide bonds. The summed E-state index contributed by atoms with van der Waals surface area (Å²) in [7, 11) is 0. The maximum Gasteiger partial charge on any atom is 0.306 e. The molecule has 3 aromatic rings. The summed E-state index contributed by atoms with van der Waals surface area (Å²) in [5, 5.41) is 22.1. The summed E-state index contributed by atoms with van der Waals surface area (Å²) < 4.78 is 1.63. The second-order valence-electron chi connectivity index (χ2n) is 8.77. The van der Waals surface area contributed by atoms with Crippen molar-refractivity contribution in [2.24, 2.45) is 5.92 Å². The van der Waals surface area contributed by atoms with Crippen molar-refractivity contribution >= 4 is 11.9 Å². The number of carboxylic acids is 1. The molecule has 0 saturated heterocycles. The molecule has 0 spiro atoms. The summed E-state index contributed by atoms with van der Waals surface area (Å²) in [6, 6.07) is 19.2. The van der Waals surface area contributed by atoms with Gasteiger partial charge in [0.15, 0.2) is 0 Å². The molecule has 3 N–H and O–H groups in total. The predicted molar refractivity (Wildman–Crippen MR) is 130 cm³/mol. The molecule has 174 valence electrons. The Morgan fingerprint density at radius 1 is 0.879 bits per heavy atom. The number of amides is 1. The Morgan fingerprint density at radius 3 is 2.09 bits per heavy atom. The summed E-state index contributed by atoms with van der Waals surface area (Å²) in [6.07, 6.45) is 3.98. The minimum atomic E-state index is -1.06. The van der Waals surface area contributed by atoms with Gasteiger partial charge in [0.25, 0.3) is 0 Å². The van der Waals surface area contributed by atoms with Gasteiger partial charge in [-0.15, -0.1) is 0 Å². The van der Waals surface area contributed by atoms with Crippen molar-refractivity contribution in [1.29, 1.82) is 0 Å². The van der Waals surface area contributed by atoms with E-state index in [9.17, 15) is 19.8 Å². The molecule has 0 fully saturated rings. The average molecular weight is 449 g/mol. The maximum atomic E-state index is 12.8. The number of rotatable bonds is 11. The van der Waals surface area contributed by atoms with E-state index in [-0.39, 0.29) is 13.0 Å². The number of hydrogen-bond acceptors (Lipinski definition) is 3. The molecule has 2 atom stereocenters. The highest BCUT2D eigenvalue weighted by molar-refractivity contribution is 5.85. The SMILES string of the molecule is CC(C)CCC(O)CNC(=O)[C@@H](CC(=O)O)n1ccc(-c2ccc(-c3ccccc3)cc2)c1. The van der Waals surface area contributed by atoms with Crippen LogP contribution in [0.15, 0.2) is 73.1 Å². The Bertz CT molecular complexity index is 1040. The molecule has 0 bridgehead atoms. The number of aliphatic carboxylic acids is 1. The minimum absolute atomic E-state index is 0.108. The van der Waals surface area contributed by atoms with E-state index in [4.69, 9.17) is 0 Å². The molecule has 0 aliphatic heterocycles. The lowest BCUT2D eigenvalue weighted by molar-refractivity contribution is -0.140. The third-order valence-electron chi connectivity index (χ3n) is 5.66. The Morgan fingerprint density at radius 2 is 1.48 bits per heavy atom. The average Bonchev–Trinajstić information content (AvgIpc) is 3.30. The van der Waals surface area contributed by atoms with Crippen molar-refractivity contribution in [3.05, 3.63) is 73.1 Å². The van der Waals surface area contributed by atoms with Gasteiger partial charge in [-0.05, 0) is 47.1 Å². The van der Waals surface area contributed by atoms with Gasteiger partial charge in [-0.3, -0.25) is 9.59 Å². The number of carbonyl (C=O) groups excluding carboxylic acids is 1. The fourth-order valence-electron chi connectivity index (χ4n) is 3.73. The van der Waals surface area contributed by atoms with E-state index < -0.39 is 24.0 Å². The van der Waals surface area contributed by atoms with Crippen LogP contribution in [0.25, 0.3) is 22.3 Å². The van der Waals surface area contributed by atoms with Crippen molar-refractivity contribution in [1.82, 2.24) is 9.88 Å². The first kappa shape index (κ1) is 24.3. The van der Waals surface area contributed by atoms with Gasteiger partial charge >= 0.3 is 5.97 Å². The third-order valence-corrected chi connectivity index (χ3v) is 5.66. The molecular formula is C27H32N2O4. The molecule has 0 radical (unpaired) electrons. The zero-order chi connectivity index (χ0) is 23.8. The number of nitrogens with zero attached hydrogens (tertiary/aromatic N) is 1. The largest absolute Gasteiger partial charge is 0.481 e. The van der Waals surface area contributed by atoms with Gasteiger partial charge in [0.05, 0.1) is 12.5 Å². The van der Waals surface area contributed by atoms with Crippen LogP contribution >= 0.6 is 0 Å². The molecular weight excluding hydrogens is 416 g/mol. The lowest BCUT2D eigenvalue weighted by atomic mass is 10.0. The van der Waals surface area contributed by atoms with Gasteiger partial charge < -0.3 is 20.1 Å². The van der Waals surface area contributed by atoms with E-state index >= 15 is 0 Å². The maximum absolute atomic E-state index is 12.8. The van der Waals surface area contributed by atoms with Crippen LogP contribution in [0.2, 0.25) is 0 Å². The second-order valence-corrected chi connectivity index (χ2v) is 8.77. The normalized spacial score (nSPS) is 13.0. The summed E-state index contributed by atoms with van der Waals surface area (Å²) in [6.45, 7) is 4.26. The van der Waals surface area contributed by atoms with Crippen molar-refractivity contribution in [2.45, 2.75) is 45.3 Å². The zero-order valence-electron chi connectivity index (χ0n) is 19.1. The molecule has 6 heteroatoms.